The van der Waals surface area contributed by atoms with Crippen molar-refractivity contribution in [2.24, 2.45) is 23.7 Å². The highest BCUT2D eigenvalue weighted by atomic mass is 79.9. The number of ether oxygens (including phenoxy) is 1. The number of hydrogen-bond acceptors (Lipinski definition) is 6. The fraction of sp³-hybridized carbons (Fsp3) is 0.265. The number of anilines is 1. The Morgan fingerprint density at radius 3 is 2.26 bits per heavy atom. The van der Waals surface area contributed by atoms with Gasteiger partial charge in [-0.05, 0) is 98.2 Å². The van der Waals surface area contributed by atoms with E-state index in [0.717, 1.165) is 29.3 Å². The van der Waals surface area contributed by atoms with E-state index < -0.39 is 12.6 Å². The molecular formula is C34H26BrClN2O5. The lowest BCUT2D eigenvalue weighted by Gasteiger charge is -2.19. The standard InChI is InChI=1S/C34H26BrClN2O5/c1-17-12-22(35)14-25-26(34(42)43-16-28(39)19-4-8-23(36)9-5-19)15-27(37-31(17)25)18-6-10-24(11-7-18)38-32(40)29-20-2-3-21(13-20)30(29)33(38)41/h4-12,14-15,20-21,29-30H,2-3,13,16H2,1H3. The average molecular weight is 658 g/mol. The van der Waals surface area contributed by atoms with Crippen molar-refractivity contribution in [1.82, 2.24) is 4.98 Å². The molecule has 1 aromatic heterocycles. The van der Waals surface area contributed by atoms with Crippen LogP contribution in [0.25, 0.3) is 22.2 Å². The lowest BCUT2D eigenvalue weighted by atomic mass is 9.81. The monoisotopic (exact) mass is 656 g/mol. The van der Waals surface area contributed by atoms with Gasteiger partial charge in [0.25, 0.3) is 0 Å². The molecule has 4 aromatic rings. The van der Waals surface area contributed by atoms with Gasteiger partial charge in [0.2, 0.25) is 11.8 Å². The second kappa shape index (κ2) is 10.7. The van der Waals surface area contributed by atoms with Gasteiger partial charge in [-0.15, -0.1) is 0 Å². The number of aromatic nitrogens is 1. The highest BCUT2D eigenvalue weighted by Crippen LogP contribution is 2.56. The molecule has 0 radical (unpaired) electrons. The van der Waals surface area contributed by atoms with Crippen LogP contribution in [0.1, 0.15) is 45.5 Å². The third-order valence-electron chi connectivity index (χ3n) is 9.14. The van der Waals surface area contributed by atoms with Crippen molar-refractivity contribution in [1.29, 1.82) is 0 Å². The van der Waals surface area contributed by atoms with Gasteiger partial charge < -0.3 is 4.74 Å². The zero-order valence-corrected chi connectivity index (χ0v) is 25.5. The Hall–Kier alpha value is -3.88. The van der Waals surface area contributed by atoms with Crippen molar-refractivity contribution in [3.63, 3.8) is 0 Å². The van der Waals surface area contributed by atoms with Crippen molar-refractivity contribution in [2.75, 3.05) is 11.5 Å². The zero-order chi connectivity index (χ0) is 30.0. The summed E-state index contributed by atoms with van der Waals surface area (Å²) in [5.74, 6) is -0.900. The zero-order valence-electron chi connectivity index (χ0n) is 23.2. The van der Waals surface area contributed by atoms with E-state index in [0.29, 0.717) is 50.3 Å². The number of amides is 2. The number of ketones is 1. The number of esters is 1. The van der Waals surface area contributed by atoms with E-state index in [1.54, 1.807) is 60.7 Å². The summed E-state index contributed by atoms with van der Waals surface area (Å²) in [5, 5.41) is 1.09. The van der Waals surface area contributed by atoms with Gasteiger partial charge in [0.15, 0.2) is 12.4 Å². The predicted octanol–water partition coefficient (Wildman–Crippen LogP) is 7.20. The summed E-state index contributed by atoms with van der Waals surface area (Å²) in [4.78, 5) is 58.8. The molecular weight excluding hydrogens is 632 g/mol. The van der Waals surface area contributed by atoms with Crippen LogP contribution in [0.5, 0.6) is 0 Å². The van der Waals surface area contributed by atoms with Gasteiger partial charge in [-0.1, -0.05) is 39.7 Å². The summed E-state index contributed by atoms with van der Waals surface area (Å²) in [7, 11) is 0. The van der Waals surface area contributed by atoms with E-state index in [-0.39, 0.29) is 35.0 Å². The van der Waals surface area contributed by atoms with Crippen LogP contribution in [-0.2, 0) is 14.3 Å². The van der Waals surface area contributed by atoms with Gasteiger partial charge in [0, 0.05) is 26.0 Å². The molecule has 2 heterocycles. The molecule has 43 heavy (non-hydrogen) atoms. The molecule has 2 bridgehead atoms. The van der Waals surface area contributed by atoms with Crippen LogP contribution >= 0.6 is 27.5 Å². The number of rotatable bonds is 6. The van der Waals surface area contributed by atoms with Crippen LogP contribution in [0, 0.1) is 30.6 Å². The smallest absolute Gasteiger partial charge is 0.339 e. The van der Waals surface area contributed by atoms with Crippen molar-refractivity contribution >= 4 is 67.7 Å². The molecule has 216 valence electrons. The van der Waals surface area contributed by atoms with E-state index in [4.69, 9.17) is 21.3 Å². The number of imide groups is 1. The van der Waals surface area contributed by atoms with Crippen LogP contribution in [0.4, 0.5) is 5.69 Å². The fourth-order valence-electron chi connectivity index (χ4n) is 7.15. The minimum atomic E-state index is -0.653. The van der Waals surface area contributed by atoms with Crippen molar-refractivity contribution in [3.05, 3.63) is 92.9 Å². The van der Waals surface area contributed by atoms with Crippen molar-refractivity contribution in [3.8, 4) is 11.3 Å². The van der Waals surface area contributed by atoms with Gasteiger partial charge >= 0.3 is 5.97 Å². The summed E-state index contributed by atoms with van der Waals surface area (Å²) in [5.41, 5.74) is 3.91. The molecule has 2 amide bonds. The number of carbonyl (C=O) groups excluding carboxylic acids is 4. The third kappa shape index (κ3) is 4.77. The van der Waals surface area contributed by atoms with Gasteiger partial charge in [-0.3, -0.25) is 19.3 Å². The molecule has 1 aliphatic heterocycles. The number of halogens is 2. The van der Waals surface area contributed by atoms with Gasteiger partial charge in [0.05, 0.1) is 34.3 Å². The first kappa shape index (κ1) is 27.9. The minimum absolute atomic E-state index is 0.0850. The van der Waals surface area contributed by atoms with Crippen LogP contribution in [0.15, 0.2) is 71.2 Å². The van der Waals surface area contributed by atoms with Crippen molar-refractivity contribution in [2.45, 2.75) is 26.2 Å². The fourth-order valence-corrected chi connectivity index (χ4v) is 7.84. The van der Waals surface area contributed by atoms with Crippen molar-refractivity contribution < 1.29 is 23.9 Å². The van der Waals surface area contributed by atoms with Crippen LogP contribution in [-0.4, -0.2) is 35.2 Å². The van der Waals surface area contributed by atoms with Gasteiger partial charge in [0.1, 0.15) is 0 Å². The van der Waals surface area contributed by atoms with E-state index in [2.05, 4.69) is 15.9 Å². The summed E-state index contributed by atoms with van der Waals surface area (Å²) in [6.07, 6.45) is 3.05. The third-order valence-corrected chi connectivity index (χ3v) is 9.85. The number of fused-ring (bicyclic) bond motifs is 6. The maximum Gasteiger partial charge on any atom is 0.339 e. The quantitative estimate of drug-likeness (QED) is 0.124. The molecule has 1 saturated heterocycles. The first-order chi connectivity index (χ1) is 20.7. The maximum absolute atomic E-state index is 13.4. The second-order valence-electron chi connectivity index (χ2n) is 11.6. The number of carbonyl (C=O) groups is 4. The van der Waals surface area contributed by atoms with Crippen LogP contribution in [0.3, 0.4) is 0 Å². The Balaban J connectivity index is 1.18. The SMILES string of the molecule is Cc1cc(Br)cc2c(C(=O)OCC(=O)c3ccc(Cl)cc3)cc(-c3ccc(N4C(=O)C5C6CCC(C6)C5C4=O)cc3)nc12. The Kier molecular flexibility index (Phi) is 6.94. The van der Waals surface area contributed by atoms with Crippen LogP contribution in [0.2, 0.25) is 5.02 Å². The van der Waals surface area contributed by atoms with E-state index in [1.807, 2.05) is 13.0 Å². The maximum atomic E-state index is 13.4. The number of pyridine rings is 1. The summed E-state index contributed by atoms with van der Waals surface area (Å²) >= 11 is 9.42. The summed E-state index contributed by atoms with van der Waals surface area (Å²) < 4.78 is 6.25. The highest BCUT2D eigenvalue weighted by molar-refractivity contribution is 9.10. The molecule has 2 aliphatic carbocycles. The average Bonchev–Trinajstić information content (AvgIpc) is 3.69. The van der Waals surface area contributed by atoms with E-state index in [1.165, 1.54) is 4.90 Å². The number of hydrogen-bond donors (Lipinski definition) is 0. The lowest BCUT2D eigenvalue weighted by molar-refractivity contribution is -0.123. The molecule has 7 rings (SSSR count). The number of nitrogens with zero attached hydrogens (tertiary/aromatic N) is 2. The first-order valence-electron chi connectivity index (χ1n) is 14.2. The van der Waals surface area contributed by atoms with E-state index in [9.17, 15) is 19.2 Å². The molecule has 0 spiro atoms. The van der Waals surface area contributed by atoms with Crippen LogP contribution < -0.4 is 4.90 Å². The van der Waals surface area contributed by atoms with Gasteiger partial charge in [-0.25, -0.2) is 9.78 Å². The molecule has 9 heteroatoms. The first-order valence-corrected chi connectivity index (χ1v) is 15.4. The molecule has 3 aromatic carbocycles. The molecule has 4 unspecified atom stereocenters. The Bertz CT molecular complexity index is 1810. The Morgan fingerprint density at radius 1 is 0.953 bits per heavy atom. The largest absolute Gasteiger partial charge is 0.454 e. The van der Waals surface area contributed by atoms with E-state index >= 15 is 0 Å². The number of aryl methyl sites for hydroxylation is 1. The molecule has 4 atom stereocenters. The topological polar surface area (TPSA) is 93.6 Å². The number of Topliss-reactive ketones (excluding diaryl/α,β-unsaturated/α-hetero) is 1. The number of benzene rings is 3. The predicted molar refractivity (Wildman–Crippen MR) is 166 cm³/mol. The highest BCUT2D eigenvalue weighted by Gasteiger charge is 2.61. The second-order valence-corrected chi connectivity index (χ2v) is 13.0. The lowest BCUT2D eigenvalue weighted by Crippen LogP contribution is -2.32. The Morgan fingerprint density at radius 2 is 1.60 bits per heavy atom. The molecule has 0 N–H and O–H groups in total. The molecule has 3 aliphatic rings. The van der Waals surface area contributed by atoms with Gasteiger partial charge in [-0.2, -0.15) is 0 Å². The Labute approximate surface area is 261 Å². The molecule has 7 nitrogen and oxygen atoms in total. The minimum Gasteiger partial charge on any atom is -0.454 e. The summed E-state index contributed by atoms with van der Waals surface area (Å²) in [6, 6.07) is 18.9. The normalized spacial score (nSPS) is 22.3. The molecule has 3 fully saturated rings. The summed E-state index contributed by atoms with van der Waals surface area (Å²) in [6.45, 7) is 1.48. The molecule has 2 saturated carbocycles.